The molecule has 6 heteroatoms. The van der Waals surface area contributed by atoms with Crippen LogP contribution in [0.15, 0.2) is 12.3 Å². The summed E-state index contributed by atoms with van der Waals surface area (Å²) in [6.07, 6.45) is 6.39. The number of nitrogens with one attached hydrogen (secondary N) is 1. The second-order valence-corrected chi connectivity index (χ2v) is 7.67. The van der Waals surface area contributed by atoms with Crippen LogP contribution in [0.1, 0.15) is 42.5 Å². The Labute approximate surface area is 134 Å². The maximum Gasteiger partial charge on any atom is 0.252 e. The van der Waals surface area contributed by atoms with E-state index in [1.54, 1.807) is 6.07 Å². The van der Waals surface area contributed by atoms with Gasteiger partial charge >= 0.3 is 0 Å². The number of rotatable bonds is 3. The average Bonchev–Trinajstić information content (AvgIpc) is 2.40. The molecule has 5 rings (SSSR count). The Hall–Kier alpha value is -1.33. The van der Waals surface area contributed by atoms with E-state index in [2.05, 4.69) is 10.3 Å². The zero-order valence-corrected chi connectivity index (χ0v) is 13.0. The van der Waals surface area contributed by atoms with Crippen LogP contribution in [0.5, 0.6) is 0 Å². The van der Waals surface area contributed by atoms with E-state index >= 15 is 0 Å². The predicted molar refractivity (Wildman–Crippen MR) is 83.7 cm³/mol. The number of primary amides is 1. The van der Waals surface area contributed by atoms with Crippen molar-refractivity contribution in [2.75, 3.05) is 5.32 Å². The van der Waals surface area contributed by atoms with Crippen molar-refractivity contribution in [2.24, 2.45) is 23.5 Å². The molecule has 1 amide bonds. The molecule has 22 heavy (non-hydrogen) atoms. The van der Waals surface area contributed by atoms with Gasteiger partial charge in [0, 0.05) is 12.2 Å². The normalized spacial score (nSPS) is 39.0. The van der Waals surface area contributed by atoms with Crippen LogP contribution < -0.4 is 11.1 Å². The summed E-state index contributed by atoms with van der Waals surface area (Å²) in [4.78, 5) is 15.5. The number of nitrogens with zero attached hydrogens (tertiary/aromatic N) is 1. The number of carbonyl (C=O) groups excluding carboxylic acids is 1. The van der Waals surface area contributed by atoms with Crippen molar-refractivity contribution >= 4 is 23.2 Å². The molecule has 0 aliphatic heterocycles. The molecule has 0 saturated heterocycles. The summed E-state index contributed by atoms with van der Waals surface area (Å²) in [7, 11) is 0. The number of aromatic nitrogens is 1. The van der Waals surface area contributed by atoms with Crippen molar-refractivity contribution in [3.05, 3.63) is 23.0 Å². The lowest BCUT2D eigenvalue weighted by Crippen LogP contribution is -2.59. The Morgan fingerprint density at radius 3 is 2.64 bits per heavy atom. The molecule has 5 atom stereocenters. The molecule has 0 spiro atoms. The van der Waals surface area contributed by atoms with Crippen LogP contribution in [0.3, 0.4) is 0 Å². The summed E-state index contributed by atoms with van der Waals surface area (Å²) in [6, 6.07) is 1.94. The molecule has 4 saturated carbocycles. The molecule has 0 radical (unpaired) electrons. The largest absolute Gasteiger partial charge is 0.390 e. The smallest absolute Gasteiger partial charge is 0.252 e. The average molecular weight is 322 g/mol. The van der Waals surface area contributed by atoms with Gasteiger partial charge in [0.2, 0.25) is 0 Å². The minimum Gasteiger partial charge on any atom is -0.390 e. The van der Waals surface area contributed by atoms with Crippen LogP contribution in [0.2, 0.25) is 5.15 Å². The Kier molecular flexibility index (Phi) is 3.13. The Bertz CT molecular complexity index is 620. The summed E-state index contributed by atoms with van der Waals surface area (Å²) in [5.74, 6) is 1.04. The first-order valence-corrected chi connectivity index (χ1v) is 8.25. The van der Waals surface area contributed by atoms with Crippen LogP contribution in [-0.4, -0.2) is 27.6 Å². The molecule has 1 aromatic heterocycles. The van der Waals surface area contributed by atoms with Crippen molar-refractivity contribution in [2.45, 2.75) is 43.7 Å². The second kappa shape index (κ2) is 4.83. The third-order valence-corrected chi connectivity index (χ3v) is 5.91. The number of pyridine rings is 1. The standard InChI is InChI=1S/C16H20ClN3O2/c17-13-3-12(11(7-19-13)15(18)21)20-14-9-1-8-2-10(14)6-16(22,4-8)5-9/h3,7-10,14,22H,1-2,4-6H2,(H2,18,21)(H,19,20)/t8?,9-,10+,14-,16-. The van der Waals surface area contributed by atoms with Gasteiger partial charge in [-0.3, -0.25) is 4.79 Å². The van der Waals surface area contributed by atoms with Crippen molar-refractivity contribution in [3.63, 3.8) is 0 Å². The number of carbonyl (C=O) groups is 1. The second-order valence-electron chi connectivity index (χ2n) is 7.28. The van der Waals surface area contributed by atoms with Crippen LogP contribution in [0.4, 0.5) is 5.69 Å². The number of anilines is 1. The Balaban J connectivity index is 1.62. The molecular formula is C16H20ClN3O2. The van der Waals surface area contributed by atoms with E-state index in [4.69, 9.17) is 17.3 Å². The van der Waals surface area contributed by atoms with Gasteiger partial charge in [0.25, 0.3) is 5.91 Å². The number of nitrogens with two attached hydrogens (primary N) is 1. The Morgan fingerprint density at radius 2 is 2.05 bits per heavy atom. The van der Waals surface area contributed by atoms with Gasteiger partial charge in [0.1, 0.15) is 5.15 Å². The summed E-state index contributed by atoms with van der Waals surface area (Å²) in [5.41, 5.74) is 6.01. The molecule has 5 nitrogen and oxygen atoms in total. The van der Waals surface area contributed by atoms with Gasteiger partial charge in [-0.1, -0.05) is 11.6 Å². The van der Waals surface area contributed by atoms with Crippen LogP contribution in [-0.2, 0) is 0 Å². The molecule has 4 aliphatic carbocycles. The SMILES string of the molecule is NC(=O)c1cnc(Cl)cc1N[C@@H]1[C@@H]2CC3C[C@H]1C[C@@](O)(C3)C2. The van der Waals surface area contributed by atoms with E-state index in [0.717, 1.165) is 32.1 Å². The molecule has 1 unspecified atom stereocenters. The maximum atomic E-state index is 11.6. The van der Waals surface area contributed by atoms with Gasteiger partial charge in [-0.15, -0.1) is 0 Å². The third kappa shape index (κ3) is 2.27. The van der Waals surface area contributed by atoms with E-state index in [9.17, 15) is 9.90 Å². The molecule has 4 fully saturated rings. The number of hydrogen-bond acceptors (Lipinski definition) is 4. The summed E-state index contributed by atoms with van der Waals surface area (Å²) < 4.78 is 0. The maximum absolute atomic E-state index is 11.6. The highest BCUT2D eigenvalue weighted by Gasteiger charge is 2.54. The fourth-order valence-electron chi connectivity index (χ4n) is 5.14. The lowest BCUT2D eigenvalue weighted by atomic mass is 9.52. The van der Waals surface area contributed by atoms with E-state index < -0.39 is 11.5 Å². The first kappa shape index (κ1) is 14.3. The molecule has 4 N–H and O–H groups in total. The van der Waals surface area contributed by atoms with Crippen molar-refractivity contribution in [1.82, 2.24) is 4.98 Å². The highest BCUT2D eigenvalue weighted by molar-refractivity contribution is 6.29. The van der Waals surface area contributed by atoms with Gasteiger partial charge in [0.05, 0.1) is 16.9 Å². The Morgan fingerprint density at radius 1 is 1.36 bits per heavy atom. The molecular weight excluding hydrogens is 302 g/mol. The van der Waals surface area contributed by atoms with Crippen LogP contribution in [0.25, 0.3) is 0 Å². The van der Waals surface area contributed by atoms with Gasteiger partial charge in [-0.25, -0.2) is 4.98 Å². The van der Waals surface area contributed by atoms with Crippen LogP contribution >= 0.6 is 11.6 Å². The summed E-state index contributed by atoms with van der Waals surface area (Å²) in [5, 5.41) is 14.5. The lowest BCUT2D eigenvalue weighted by Gasteiger charge is -2.58. The molecule has 4 aliphatic rings. The number of hydrogen-bond donors (Lipinski definition) is 3. The van der Waals surface area contributed by atoms with E-state index in [0.29, 0.717) is 34.2 Å². The molecule has 118 valence electrons. The van der Waals surface area contributed by atoms with Gasteiger partial charge < -0.3 is 16.2 Å². The van der Waals surface area contributed by atoms with Crippen molar-refractivity contribution in [3.8, 4) is 0 Å². The topological polar surface area (TPSA) is 88.2 Å². The number of aliphatic hydroxyl groups is 1. The zero-order chi connectivity index (χ0) is 15.5. The van der Waals surface area contributed by atoms with Gasteiger partial charge in [-0.2, -0.15) is 0 Å². The highest BCUT2D eigenvalue weighted by Crippen LogP contribution is 2.56. The highest BCUT2D eigenvalue weighted by atomic mass is 35.5. The minimum absolute atomic E-state index is 0.272. The fraction of sp³-hybridized carbons (Fsp3) is 0.625. The monoisotopic (exact) mass is 321 g/mol. The number of amides is 1. The summed E-state index contributed by atoms with van der Waals surface area (Å²) in [6.45, 7) is 0. The van der Waals surface area contributed by atoms with E-state index in [-0.39, 0.29) is 6.04 Å². The minimum atomic E-state index is -0.505. The van der Waals surface area contributed by atoms with Crippen LogP contribution in [0, 0.1) is 17.8 Å². The number of halogens is 1. The molecule has 1 heterocycles. The zero-order valence-electron chi connectivity index (χ0n) is 12.3. The van der Waals surface area contributed by atoms with Gasteiger partial charge in [0.15, 0.2) is 0 Å². The first-order chi connectivity index (χ1) is 10.4. The lowest BCUT2D eigenvalue weighted by molar-refractivity contribution is -0.129. The van der Waals surface area contributed by atoms with E-state index in [1.165, 1.54) is 6.20 Å². The predicted octanol–water partition coefficient (Wildman–Crippen LogP) is 2.19. The first-order valence-electron chi connectivity index (χ1n) is 7.88. The third-order valence-electron chi connectivity index (χ3n) is 5.70. The molecule has 4 bridgehead atoms. The molecule has 1 aromatic rings. The van der Waals surface area contributed by atoms with Crippen molar-refractivity contribution in [1.29, 1.82) is 0 Å². The quantitative estimate of drug-likeness (QED) is 0.745. The van der Waals surface area contributed by atoms with Crippen molar-refractivity contribution < 1.29 is 9.90 Å². The van der Waals surface area contributed by atoms with Gasteiger partial charge in [-0.05, 0) is 55.9 Å². The fourth-order valence-corrected chi connectivity index (χ4v) is 5.30. The summed E-state index contributed by atoms with van der Waals surface area (Å²) >= 11 is 5.97. The van der Waals surface area contributed by atoms with E-state index in [1.807, 2.05) is 0 Å². The molecule has 0 aromatic carbocycles.